The minimum Gasteiger partial charge on any atom is -0.383 e. The van der Waals surface area contributed by atoms with E-state index in [1.54, 1.807) is 4.68 Å². The Labute approximate surface area is 135 Å². The second-order valence-corrected chi connectivity index (χ2v) is 7.53. The summed E-state index contributed by atoms with van der Waals surface area (Å²) in [5, 5.41) is 13.9. The fourth-order valence-electron chi connectivity index (χ4n) is 3.22. The lowest BCUT2D eigenvalue weighted by Crippen LogP contribution is -2.43. The van der Waals surface area contributed by atoms with Gasteiger partial charge in [0.1, 0.15) is 0 Å². The molecule has 7 heteroatoms. The SMILES string of the molecule is Cn1cc(CN2CCC(C(O)C(F)(F)F)CC2)c(C(C)(C)C)n1. The summed E-state index contributed by atoms with van der Waals surface area (Å²) in [6, 6.07) is 0. The first kappa shape index (κ1) is 18.3. The van der Waals surface area contributed by atoms with Crippen LogP contribution in [0.3, 0.4) is 0 Å². The fraction of sp³-hybridized carbons (Fsp3) is 0.812. The maximum Gasteiger partial charge on any atom is 0.414 e. The zero-order valence-corrected chi connectivity index (χ0v) is 14.2. The van der Waals surface area contributed by atoms with Crippen molar-refractivity contribution < 1.29 is 18.3 Å². The van der Waals surface area contributed by atoms with Crippen molar-refractivity contribution in [2.45, 2.75) is 57.9 Å². The third-order valence-corrected chi connectivity index (χ3v) is 4.42. The first-order valence-electron chi connectivity index (χ1n) is 7.98. The Morgan fingerprint density at radius 1 is 1.26 bits per heavy atom. The molecule has 2 rings (SSSR count). The van der Waals surface area contributed by atoms with Gasteiger partial charge in [-0.05, 0) is 31.8 Å². The number of hydrogen-bond acceptors (Lipinski definition) is 3. The quantitative estimate of drug-likeness (QED) is 0.925. The van der Waals surface area contributed by atoms with E-state index in [1.807, 2.05) is 13.2 Å². The Morgan fingerprint density at radius 2 is 1.83 bits per heavy atom. The predicted molar refractivity (Wildman–Crippen MR) is 82.0 cm³/mol. The van der Waals surface area contributed by atoms with Gasteiger partial charge in [-0.1, -0.05) is 20.8 Å². The number of aliphatic hydroxyl groups excluding tert-OH is 1. The van der Waals surface area contributed by atoms with E-state index in [2.05, 4.69) is 30.8 Å². The summed E-state index contributed by atoms with van der Waals surface area (Å²) < 4.78 is 39.6. The number of alkyl halides is 3. The van der Waals surface area contributed by atoms with Crippen molar-refractivity contribution in [3.05, 3.63) is 17.5 Å². The van der Waals surface area contributed by atoms with Gasteiger partial charge in [-0.25, -0.2) is 0 Å². The number of nitrogens with zero attached hydrogens (tertiary/aromatic N) is 3. The number of aromatic nitrogens is 2. The molecule has 1 atom stereocenters. The number of likely N-dealkylation sites (tertiary alicyclic amines) is 1. The van der Waals surface area contributed by atoms with Crippen LogP contribution in [0.25, 0.3) is 0 Å². The Morgan fingerprint density at radius 3 is 2.30 bits per heavy atom. The molecular weight excluding hydrogens is 307 g/mol. The van der Waals surface area contributed by atoms with Crippen LogP contribution in [0.15, 0.2) is 6.20 Å². The minimum atomic E-state index is -4.52. The molecule has 1 aromatic heterocycles. The standard InChI is InChI=1S/C16H26F3N3O/c1-15(2,3)13-12(9-21(4)20-13)10-22-7-5-11(6-8-22)14(23)16(17,18)19/h9,11,14,23H,5-8,10H2,1-4H3. The zero-order valence-electron chi connectivity index (χ0n) is 14.2. The number of aryl methyl sites for hydroxylation is 1. The first-order valence-corrected chi connectivity index (χ1v) is 7.98. The maximum absolute atomic E-state index is 12.6. The molecule has 4 nitrogen and oxygen atoms in total. The van der Waals surface area contributed by atoms with E-state index in [4.69, 9.17) is 0 Å². The fourth-order valence-corrected chi connectivity index (χ4v) is 3.22. The normalized spacial score (nSPS) is 20.0. The van der Waals surface area contributed by atoms with Crippen LogP contribution in [0.4, 0.5) is 13.2 Å². The Kier molecular flexibility index (Phi) is 5.11. The molecule has 0 spiro atoms. The number of rotatable bonds is 3. The topological polar surface area (TPSA) is 41.3 Å². The lowest BCUT2D eigenvalue weighted by molar-refractivity contribution is -0.223. The Balaban J connectivity index is 1.98. The molecule has 0 radical (unpaired) electrons. The lowest BCUT2D eigenvalue weighted by atomic mass is 9.88. The molecule has 1 saturated heterocycles. The smallest absolute Gasteiger partial charge is 0.383 e. The van der Waals surface area contributed by atoms with Crippen LogP contribution in [-0.4, -0.2) is 45.2 Å². The van der Waals surface area contributed by atoms with E-state index < -0.39 is 18.2 Å². The van der Waals surface area contributed by atoms with Crippen molar-refractivity contribution in [2.24, 2.45) is 13.0 Å². The highest BCUT2D eigenvalue weighted by Gasteiger charge is 2.44. The van der Waals surface area contributed by atoms with Gasteiger partial charge >= 0.3 is 6.18 Å². The number of hydrogen-bond donors (Lipinski definition) is 1. The summed E-state index contributed by atoms with van der Waals surface area (Å²) in [4.78, 5) is 2.14. The molecule has 0 aromatic carbocycles. The lowest BCUT2D eigenvalue weighted by Gasteiger charge is -2.35. The highest BCUT2D eigenvalue weighted by Crippen LogP contribution is 2.32. The Bertz CT molecular complexity index is 526. The van der Waals surface area contributed by atoms with Crippen LogP contribution in [0, 0.1) is 5.92 Å². The maximum atomic E-state index is 12.6. The summed E-state index contributed by atoms with van der Waals surface area (Å²) in [6.45, 7) is 8.13. The highest BCUT2D eigenvalue weighted by molar-refractivity contribution is 5.24. The van der Waals surface area contributed by atoms with Gasteiger partial charge in [0.25, 0.3) is 0 Å². The largest absolute Gasteiger partial charge is 0.414 e. The molecule has 0 saturated carbocycles. The van der Waals surface area contributed by atoms with E-state index in [9.17, 15) is 18.3 Å². The summed E-state index contributed by atoms with van der Waals surface area (Å²) in [7, 11) is 1.88. The van der Waals surface area contributed by atoms with Gasteiger partial charge in [0.15, 0.2) is 6.10 Å². The van der Waals surface area contributed by atoms with Gasteiger partial charge in [-0.3, -0.25) is 9.58 Å². The van der Waals surface area contributed by atoms with Crippen LogP contribution in [0.5, 0.6) is 0 Å². The first-order chi connectivity index (χ1) is 10.5. The van der Waals surface area contributed by atoms with E-state index >= 15 is 0 Å². The summed E-state index contributed by atoms with van der Waals surface area (Å²) in [5.41, 5.74) is 2.08. The molecule has 23 heavy (non-hydrogen) atoms. The average Bonchev–Trinajstić information content (AvgIpc) is 2.79. The van der Waals surface area contributed by atoms with E-state index in [0.717, 1.165) is 11.3 Å². The van der Waals surface area contributed by atoms with E-state index in [0.29, 0.717) is 32.5 Å². The minimum absolute atomic E-state index is 0.0681. The van der Waals surface area contributed by atoms with Crippen molar-refractivity contribution >= 4 is 0 Å². The molecule has 1 unspecified atom stereocenters. The van der Waals surface area contributed by atoms with Crippen LogP contribution in [0.2, 0.25) is 0 Å². The number of aliphatic hydroxyl groups is 1. The van der Waals surface area contributed by atoms with Gasteiger partial charge in [0.05, 0.1) is 5.69 Å². The monoisotopic (exact) mass is 333 g/mol. The molecule has 1 aromatic rings. The van der Waals surface area contributed by atoms with Crippen LogP contribution < -0.4 is 0 Å². The van der Waals surface area contributed by atoms with Crippen LogP contribution >= 0.6 is 0 Å². The van der Waals surface area contributed by atoms with Crippen molar-refractivity contribution in [1.82, 2.24) is 14.7 Å². The van der Waals surface area contributed by atoms with Crippen molar-refractivity contribution in [1.29, 1.82) is 0 Å². The molecule has 0 bridgehead atoms. The van der Waals surface area contributed by atoms with Gasteiger partial charge in [-0.15, -0.1) is 0 Å². The zero-order chi connectivity index (χ0) is 17.4. The summed E-state index contributed by atoms with van der Waals surface area (Å²) >= 11 is 0. The highest BCUT2D eigenvalue weighted by atomic mass is 19.4. The second kappa shape index (κ2) is 6.43. The molecule has 1 aliphatic rings. The molecule has 2 heterocycles. The van der Waals surface area contributed by atoms with Crippen LogP contribution in [0.1, 0.15) is 44.9 Å². The molecular formula is C16H26F3N3O. The van der Waals surface area contributed by atoms with Gasteiger partial charge < -0.3 is 5.11 Å². The van der Waals surface area contributed by atoms with E-state index in [1.165, 1.54) is 0 Å². The van der Waals surface area contributed by atoms with Crippen molar-refractivity contribution in [3.63, 3.8) is 0 Å². The predicted octanol–water partition coefficient (Wildman–Crippen LogP) is 2.85. The third kappa shape index (κ3) is 4.47. The van der Waals surface area contributed by atoms with Crippen molar-refractivity contribution in [2.75, 3.05) is 13.1 Å². The van der Waals surface area contributed by atoms with Crippen LogP contribution in [-0.2, 0) is 19.0 Å². The van der Waals surface area contributed by atoms with Crippen molar-refractivity contribution in [3.8, 4) is 0 Å². The van der Waals surface area contributed by atoms with Gasteiger partial charge in [-0.2, -0.15) is 18.3 Å². The Hall–Kier alpha value is -1.08. The third-order valence-electron chi connectivity index (χ3n) is 4.42. The van der Waals surface area contributed by atoms with Gasteiger partial charge in [0.2, 0.25) is 0 Å². The molecule has 0 amide bonds. The summed E-state index contributed by atoms with van der Waals surface area (Å²) in [5.74, 6) is -0.692. The van der Waals surface area contributed by atoms with E-state index in [-0.39, 0.29) is 5.41 Å². The molecule has 132 valence electrons. The molecule has 1 aliphatic heterocycles. The molecule has 1 N–H and O–H groups in total. The number of piperidine rings is 1. The molecule has 1 fully saturated rings. The summed E-state index contributed by atoms with van der Waals surface area (Å²) in [6.07, 6.45) is -4.00. The number of halogens is 3. The molecule has 0 aliphatic carbocycles. The average molecular weight is 333 g/mol. The second-order valence-electron chi connectivity index (χ2n) is 7.53. The van der Waals surface area contributed by atoms with Gasteiger partial charge in [0, 0.05) is 30.8 Å².